The second kappa shape index (κ2) is 5.86. The van der Waals surface area contributed by atoms with Crippen LogP contribution in [0.3, 0.4) is 0 Å². The van der Waals surface area contributed by atoms with Gasteiger partial charge in [-0.05, 0) is 34.7 Å². The lowest BCUT2D eigenvalue weighted by Crippen LogP contribution is -2.34. The Balaban J connectivity index is 2.53. The maximum absolute atomic E-state index is 11.6. The Hall–Kier alpha value is -1.56. The van der Waals surface area contributed by atoms with E-state index in [0.717, 1.165) is 5.76 Å². The van der Waals surface area contributed by atoms with Gasteiger partial charge in [0, 0.05) is 0 Å². The third kappa shape index (κ3) is 4.75. The van der Waals surface area contributed by atoms with Crippen LogP contribution < -0.4 is 10.6 Å². The van der Waals surface area contributed by atoms with Crippen LogP contribution in [0.25, 0.3) is 0 Å². The molecule has 0 saturated heterocycles. The second-order valence-electron chi connectivity index (χ2n) is 5.06. The highest BCUT2D eigenvalue weighted by Crippen LogP contribution is 2.14. The minimum absolute atomic E-state index is 0.328. The van der Waals surface area contributed by atoms with Gasteiger partial charge in [0.05, 0.1) is 12.7 Å². The number of nitrogens with one attached hydrogen (secondary N) is 2. The Morgan fingerprint density at radius 2 is 2.22 bits per heavy atom. The van der Waals surface area contributed by atoms with Crippen LogP contribution in [0.4, 0.5) is 4.79 Å². The van der Waals surface area contributed by atoms with Crippen molar-refractivity contribution in [3.05, 3.63) is 17.8 Å². The van der Waals surface area contributed by atoms with E-state index in [1.807, 2.05) is 27.8 Å². The van der Waals surface area contributed by atoms with Crippen molar-refractivity contribution in [1.82, 2.24) is 15.6 Å². The van der Waals surface area contributed by atoms with Gasteiger partial charge in [-0.3, -0.25) is 0 Å². The number of carbonyl (C=O) groups excluding carboxylic acids is 1. The summed E-state index contributed by atoms with van der Waals surface area (Å²) in [5, 5.41) is 5.63. The summed E-state index contributed by atoms with van der Waals surface area (Å²) in [5.41, 5.74) is -0.516. The first kappa shape index (κ1) is 14.5. The van der Waals surface area contributed by atoms with Gasteiger partial charge in [-0.2, -0.15) is 0 Å². The third-order valence-corrected chi connectivity index (χ3v) is 2.03. The van der Waals surface area contributed by atoms with Gasteiger partial charge in [-0.1, -0.05) is 0 Å². The molecule has 0 unspecified atom stereocenters. The molecule has 18 heavy (non-hydrogen) atoms. The van der Waals surface area contributed by atoms with E-state index in [4.69, 9.17) is 9.15 Å². The van der Waals surface area contributed by atoms with E-state index >= 15 is 0 Å². The fraction of sp³-hybridized carbons (Fsp3) is 0.667. The summed E-state index contributed by atoms with van der Waals surface area (Å²) in [5.74, 6) is 1.19. The van der Waals surface area contributed by atoms with Crippen LogP contribution in [0, 0.1) is 0 Å². The van der Waals surface area contributed by atoms with Crippen molar-refractivity contribution in [1.29, 1.82) is 0 Å². The predicted molar refractivity (Wildman–Crippen MR) is 67.1 cm³/mol. The van der Waals surface area contributed by atoms with Crippen LogP contribution in [0.1, 0.15) is 45.4 Å². The normalized spacial score (nSPS) is 13.2. The van der Waals surface area contributed by atoms with Crippen LogP contribution in [-0.4, -0.2) is 23.7 Å². The van der Waals surface area contributed by atoms with Crippen LogP contribution in [0.5, 0.6) is 0 Å². The molecule has 0 bridgehead atoms. The average Bonchev–Trinajstić information content (AvgIpc) is 2.63. The van der Waals surface area contributed by atoms with Crippen LogP contribution in [0.2, 0.25) is 0 Å². The molecule has 0 aliphatic carbocycles. The van der Waals surface area contributed by atoms with Crippen molar-refractivity contribution in [2.75, 3.05) is 7.05 Å². The van der Waals surface area contributed by atoms with Crippen molar-refractivity contribution in [3.63, 3.8) is 0 Å². The first-order chi connectivity index (χ1) is 8.31. The smallest absolute Gasteiger partial charge is 0.408 e. The summed E-state index contributed by atoms with van der Waals surface area (Å²) >= 11 is 0. The van der Waals surface area contributed by atoms with Crippen LogP contribution in [-0.2, 0) is 11.3 Å². The number of carbonyl (C=O) groups is 1. The fourth-order valence-electron chi connectivity index (χ4n) is 1.32. The quantitative estimate of drug-likeness (QED) is 0.860. The van der Waals surface area contributed by atoms with Gasteiger partial charge in [0.2, 0.25) is 5.89 Å². The highest BCUT2D eigenvalue weighted by molar-refractivity contribution is 5.68. The first-order valence-corrected chi connectivity index (χ1v) is 5.90. The Bertz CT molecular complexity index is 396. The molecule has 1 rings (SSSR count). The molecule has 1 atom stereocenters. The van der Waals surface area contributed by atoms with E-state index in [0.29, 0.717) is 12.4 Å². The van der Waals surface area contributed by atoms with Crippen molar-refractivity contribution in [2.24, 2.45) is 0 Å². The SMILES string of the molecule is CNCc1cnc([C@H](C)NC(=O)OC(C)(C)C)o1. The van der Waals surface area contributed by atoms with Crippen LogP contribution >= 0.6 is 0 Å². The molecule has 6 nitrogen and oxygen atoms in total. The topological polar surface area (TPSA) is 76.4 Å². The second-order valence-corrected chi connectivity index (χ2v) is 5.06. The van der Waals surface area contributed by atoms with E-state index in [2.05, 4.69) is 15.6 Å². The molecule has 1 heterocycles. The summed E-state index contributed by atoms with van der Waals surface area (Å²) in [6.07, 6.45) is 1.16. The van der Waals surface area contributed by atoms with E-state index in [1.165, 1.54) is 0 Å². The molecule has 1 amide bonds. The molecule has 102 valence electrons. The van der Waals surface area contributed by atoms with Gasteiger partial charge >= 0.3 is 6.09 Å². The Morgan fingerprint density at radius 1 is 1.56 bits per heavy atom. The van der Waals surface area contributed by atoms with Crippen molar-refractivity contribution < 1.29 is 13.9 Å². The number of nitrogens with zero attached hydrogens (tertiary/aromatic N) is 1. The number of hydrogen-bond donors (Lipinski definition) is 2. The number of alkyl carbamates (subject to hydrolysis) is 1. The molecule has 0 saturated carbocycles. The van der Waals surface area contributed by atoms with Gasteiger partial charge < -0.3 is 19.8 Å². The minimum Gasteiger partial charge on any atom is -0.444 e. The average molecular weight is 255 g/mol. The van der Waals surface area contributed by atoms with E-state index in [-0.39, 0.29) is 6.04 Å². The van der Waals surface area contributed by atoms with Gasteiger partial charge in [-0.15, -0.1) is 0 Å². The summed E-state index contributed by atoms with van der Waals surface area (Å²) in [6, 6.07) is -0.328. The number of aromatic nitrogens is 1. The van der Waals surface area contributed by atoms with Crippen molar-refractivity contribution in [2.45, 2.75) is 45.9 Å². The maximum Gasteiger partial charge on any atom is 0.408 e. The van der Waals surface area contributed by atoms with Crippen molar-refractivity contribution in [3.8, 4) is 0 Å². The standard InChI is InChI=1S/C12H21N3O3/c1-8(15-11(16)18-12(2,3)4)10-14-7-9(17-10)6-13-5/h7-8,13H,6H2,1-5H3,(H,15,16)/t8-/m0/s1. The molecule has 0 aliphatic rings. The molecule has 0 aliphatic heterocycles. The zero-order chi connectivity index (χ0) is 13.8. The molecular formula is C12H21N3O3. The molecule has 0 aromatic carbocycles. The van der Waals surface area contributed by atoms with Crippen LogP contribution in [0.15, 0.2) is 10.6 Å². The third-order valence-electron chi connectivity index (χ3n) is 2.03. The van der Waals surface area contributed by atoms with Gasteiger partial charge in [-0.25, -0.2) is 9.78 Å². The molecular weight excluding hydrogens is 234 g/mol. The van der Waals surface area contributed by atoms with Crippen molar-refractivity contribution >= 4 is 6.09 Å². The molecule has 6 heteroatoms. The van der Waals surface area contributed by atoms with Gasteiger partial charge in [0.15, 0.2) is 0 Å². The fourth-order valence-corrected chi connectivity index (χ4v) is 1.32. The monoisotopic (exact) mass is 255 g/mol. The number of amides is 1. The largest absolute Gasteiger partial charge is 0.444 e. The highest BCUT2D eigenvalue weighted by atomic mass is 16.6. The summed E-state index contributed by atoms with van der Waals surface area (Å²) in [4.78, 5) is 15.7. The number of hydrogen-bond acceptors (Lipinski definition) is 5. The molecule has 1 aromatic heterocycles. The molecule has 2 N–H and O–H groups in total. The molecule has 0 spiro atoms. The maximum atomic E-state index is 11.6. The lowest BCUT2D eigenvalue weighted by Gasteiger charge is -2.21. The first-order valence-electron chi connectivity index (χ1n) is 5.90. The number of oxazole rings is 1. The minimum atomic E-state index is -0.516. The molecule has 0 radical (unpaired) electrons. The zero-order valence-electron chi connectivity index (χ0n) is 11.5. The zero-order valence-corrected chi connectivity index (χ0v) is 11.5. The summed E-state index contributed by atoms with van der Waals surface area (Å²) in [7, 11) is 1.82. The summed E-state index contributed by atoms with van der Waals surface area (Å²) < 4.78 is 10.6. The van der Waals surface area contributed by atoms with Gasteiger partial charge in [0.1, 0.15) is 17.4 Å². The number of rotatable bonds is 4. The lowest BCUT2D eigenvalue weighted by atomic mass is 10.2. The number of ether oxygens (including phenoxy) is 1. The predicted octanol–water partition coefficient (Wildman–Crippen LogP) is 1.98. The Labute approximate surface area is 107 Å². The lowest BCUT2D eigenvalue weighted by molar-refractivity contribution is 0.0500. The van der Waals surface area contributed by atoms with Gasteiger partial charge in [0.25, 0.3) is 0 Å². The molecule has 0 fully saturated rings. The van der Waals surface area contributed by atoms with E-state index in [9.17, 15) is 4.79 Å². The Morgan fingerprint density at radius 3 is 2.78 bits per heavy atom. The van der Waals surface area contributed by atoms with E-state index < -0.39 is 11.7 Å². The van der Waals surface area contributed by atoms with E-state index in [1.54, 1.807) is 13.1 Å². The Kier molecular flexibility index (Phi) is 4.72. The molecule has 1 aromatic rings. The summed E-state index contributed by atoms with van der Waals surface area (Å²) in [6.45, 7) is 7.83. The highest BCUT2D eigenvalue weighted by Gasteiger charge is 2.20.